The molecule has 0 unspecified atom stereocenters. The molecule has 1 fully saturated rings. The Hall–Kier alpha value is -3.80. The number of halogens is 2. The molecule has 0 spiro atoms. The smallest absolute Gasteiger partial charge is 0.375 e. The van der Waals surface area contributed by atoms with Gasteiger partial charge in [-0.25, -0.2) is 4.99 Å². The minimum absolute atomic E-state index is 0.0347. The molecule has 0 saturated carbocycles. The summed E-state index contributed by atoms with van der Waals surface area (Å²) in [5.74, 6) is -1.03. The molecule has 3 aromatic carbocycles. The van der Waals surface area contributed by atoms with Crippen molar-refractivity contribution < 1.29 is 18.9 Å². The number of carbonyl (C=O) groups excluding carboxylic acids is 2. The lowest BCUT2D eigenvalue weighted by Gasteiger charge is -2.42. The van der Waals surface area contributed by atoms with Crippen molar-refractivity contribution in [3.8, 4) is 0 Å². The van der Waals surface area contributed by atoms with Crippen LogP contribution in [0.5, 0.6) is 0 Å². The molecule has 47 heavy (non-hydrogen) atoms. The van der Waals surface area contributed by atoms with Gasteiger partial charge in [0.2, 0.25) is 19.7 Å². The summed E-state index contributed by atoms with van der Waals surface area (Å²) in [6, 6.07) is 19.0. The monoisotopic (exact) mass is 668 g/mol. The molecule has 1 aliphatic rings. The van der Waals surface area contributed by atoms with Crippen LogP contribution in [0, 0.1) is 0 Å². The van der Waals surface area contributed by atoms with Crippen molar-refractivity contribution in [2.24, 2.45) is 15.0 Å². The van der Waals surface area contributed by atoms with Gasteiger partial charge in [0.25, 0.3) is 0 Å². The average molecular weight is 669 g/mol. The van der Waals surface area contributed by atoms with Crippen LogP contribution in [0.2, 0.25) is 10.0 Å². The van der Waals surface area contributed by atoms with Crippen LogP contribution in [0.15, 0.2) is 75.6 Å². The standard InChI is InChI=1S/C32H33B3Cl2N6O4/c33-31(45)41-32(40-21-47-35)38-12-3-6-27-19-42(13-11-22-7-8-23-4-1-2-5-24(23)16-22)14-15-43(27)30(44)29(39-20-46-34)17-25-9-10-26(36)18-28(25)37/h1-2,4-5,7-10,16,18,20-21,27,29H,3,6,11-15,17,19H2,(H,38,41,45)/t27-,29+/m0/s1. The number of fused-ring (bicyclic) bond motifs is 1. The van der Waals surface area contributed by atoms with Gasteiger partial charge in [-0.2, -0.15) is 4.99 Å². The van der Waals surface area contributed by atoms with Gasteiger partial charge in [0.05, 0.1) is 0 Å². The van der Waals surface area contributed by atoms with Crippen molar-refractivity contribution in [1.29, 1.82) is 0 Å². The highest BCUT2D eigenvalue weighted by Crippen LogP contribution is 2.25. The normalized spacial score (nSPS) is 16.5. The summed E-state index contributed by atoms with van der Waals surface area (Å²) >= 11 is 12.5. The SMILES string of the molecule is [B]OC=NC(=NCCC[C@H]1CN(CCc2ccc3ccccc3c2)CCN1C(=O)[C@@H](Cc1ccc(Cl)cc1Cl)N=CO[B])NC([B])=O. The Labute approximate surface area is 288 Å². The first kappa shape index (κ1) is 36.0. The zero-order chi connectivity index (χ0) is 33.6. The molecule has 2 atom stereocenters. The van der Waals surface area contributed by atoms with Crippen LogP contribution < -0.4 is 5.32 Å². The van der Waals surface area contributed by atoms with E-state index in [2.05, 4.69) is 64.8 Å². The number of carbonyl (C=O) groups is 2. The Morgan fingerprint density at radius 1 is 1.02 bits per heavy atom. The summed E-state index contributed by atoms with van der Waals surface area (Å²) in [6.07, 6.45) is 4.30. The molecule has 1 saturated heterocycles. The maximum absolute atomic E-state index is 14.1. The molecule has 0 aromatic heterocycles. The number of nitrogens with one attached hydrogen (secondary N) is 1. The van der Waals surface area contributed by atoms with Crippen molar-refractivity contribution >= 4 is 88.4 Å². The van der Waals surface area contributed by atoms with Gasteiger partial charge in [-0.15, -0.1) is 0 Å². The summed E-state index contributed by atoms with van der Waals surface area (Å²) in [4.78, 5) is 42.1. The van der Waals surface area contributed by atoms with Crippen LogP contribution in [0.3, 0.4) is 0 Å². The van der Waals surface area contributed by atoms with Gasteiger partial charge in [-0.05, 0) is 53.3 Å². The number of guanidine groups is 1. The Kier molecular flexibility index (Phi) is 14.2. The molecule has 2 amide bonds. The highest BCUT2D eigenvalue weighted by atomic mass is 35.5. The second-order valence-corrected chi connectivity index (χ2v) is 11.8. The van der Waals surface area contributed by atoms with Gasteiger partial charge < -0.3 is 19.5 Å². The molecule has 1 aliphatic heterocycles. The second-order valence-electron chi connectivity index (χ2n) is 11.0. The summed E-state index contributed by atoms with van der Waals surface area (Å²) in [6.45, 7) is 2.98. The van der Waals surface area contributed by atoms with E-state index in [1.54, 1.807) is 18.2 Å². The molecule has 0 aliphatic carbocycles. The summed E-state index contributed by atoms with van der Waals surface area (Å²) in [7, 11) is 15.4. The topological polar surface area (TPSA) is 108 Å². The predicted octanol–water partition coefficient (Wildman–Crippen LogP) is 4.08. The van der Waals surface area contributed by atoms with Crippen LogP contribution in [0.25, 0.3) is 10.8 Å². The van der Waals surface area contributed by atoms with Gasteiger partial charge in [-0.1, -0.05) is 71.7 Å². The number of rotatable bonds is 13. The average Bonchev–Trinajstić information content (AvgIpc) is 3.06. The molecule has 6 radical (unpaired) electrons. The van der Waals surface area contributed by atoms with E-state index < -0.39 is 11.8 Å². The Morgan fingerprint density at radius 3 is 2.55 bits per heavy atom. The number of hydrogen-bond acceptors (Lipinski definition) is 7. The van der Waals surface area contributed by atoms with Crippen LogP contribution in [0.1, 0.15) is 24.0 Å². The maximum atomic E-state index is 14.1. The van der Waals surface area contributed by atoms with Gasteiger partial charge in [-0.3, -0.25) is 19.5 Å². The lowest BCUT2D eigenvalue weighted by molar-refractivity contribution is -0.137. The number of piperazine rings is 1. The van der Waals surface area contributed by atoms with Gasteiger partial charge >= 0.3 is 16.1 Å². The van der Waals surface area contributed by atoms with E-state index in [0.717, 1.165) is 31.3 Å². The maximum Gasteiger partial charge on any atom is 0.375 e. The van der Waals surface area contributed by atoms with E-state index in [1.165, 1.54) is 16.3 Å². The molecule has 238 valence electrons. The van der Waals surface area contributed by atoms with Crippen molar-refractivity contribution in [2.45, 2.75) is 37.8 Å². The van der Waals surface area contributed by atoms with Gasteiger partial charge in [0.15, 0.2) is 18.6 Å². The van der Waals surface area contributed by atoms with Crippen molar-refractivity contribution in [1.82, 2.24) is 15.1 Å². The Bertz CT molecular complexity index is 1610. The van der Waals surface area contributed by atoms with Crippen LogP contribution in [-0.2, 0) is 26.9 Å². The minimum atomic E-state index is -0.821. The zero-order valence-corrected chi connectivity index (χ0v) is 27.3. The Morgan fingerprint density at radius 2 is 1.81 bits per heavy atom. The van der Waals surface area contributed by atoms with Crippen molar-refractivity contribution in [2.75, 3.05) is 32.7 Å². The number of benzene rings is 3. The van der Waals surface area contributed by atoms with E-state index >= 15 is 0 Å². The molecular formula is C32H33B3Cl2N6O4. The van der Waals surface area contributed by atoms with E-state index in [-0.39, 0.29) is 24.3 Å². The number of amides is 2. The van der Waals surface area contributed by atoms with E-state index in [1.807, 2.05) is 17.0 Å². The molecular weight excluding hydrogens is 636 g/mol. The van der Waals surface area contributed by atoms with Gasteiger partial charge in [0.1, 0.15) is 6.04 Å². The number of hydrogen-bond donors (Lipinski definition) is 1. The van der Waals surface area contributed by atoms with Crippen LogP contribution in [0.4, 0.5) is 4.79 Å². The van der Waals surface area contributed by atoms with Crippen LogP contribution in [-0.4, -0.2) is 109 Å². The third-order valence-corrected chi connectivity index (χ3v) is 8.41. The van der Waals surface area contributed by atoms with Crippen LogP contribution >= 0.6 is 23.2 Å². The summed E-state index contributed by atoms with van der Waals surface area (Å²) in [5.41, 5.74) is 1.97. The highest BCUT2D eigenvalue weighted by molar-refractivity contribution is 6.58. The molecule has 0 bridgehead atoms. The van der Waals surface area contributed by atoms with E-state index in [4.69, 9.17) is 47.1 Å². The lowest BCUT2D eigenvalue weighted by atomic mass is 10.0. The first-order valence-corrected chi connectivity index (χ1v) is 15.8. The third kappa shape index (κ3) is 11.2. The largest absolute Gasteiger partial charge is 0.560 e. The first-order chi connectivity index (χ1) is 22.8. The molecule has 3 aromatic rings. The van der Waals surface area contributed by atoms with Crippen molar-refractivity contribution in [3.63, 3.8) is 0 Å². The predicted molar refractivity (Wildman–Crippen MR) is 190 cm³/mol. The number of aliphatic imine (C=N–C) groups is 3. The fourth-order valence-corrected chi connectivity index (χ4v) is 6.04. The quantitative estimate of drug-likeness (QED) is 0.128. The minimum Gasteiger partial charge on any atom is -0.560 e. The summed E-state index contributed by atoms with van der Waals surface area (Å²) in [5, 5.41) is 5.67. The fraction of sp³-hybridized carbons (Fsp3) is 0.344. The lowest BCUT2D eigenvalue weighted by Crippen LogP contribution is -2.57. The zero-order valence-electron chi connectivity index (χ0n) is 25.8. The molecule has 4 rings (SSSR count). The summed E-state index contributed by atoms with van der Waals surface area (Å²) < 4.78 is 8.92. The highest BCUT2D eigenvalue weighted by Gasteiger charge is 2.34. The van der Waals surface area contributed by atoms with Crippen molar-refractivity contribution in [3.05, 3.63) is 81.8 Å². The molecule has 10 nitrogen and oxygen atoms in total. The molecule has 1 heterocycles. The van der Waals surface area contributed by atoms with Gasteiger partial charge in [0, 0.05) is 55.2 Å². The molecule has 15 heteroatoms. The van der Waals surface area contributed by atoms with E-state index in [9.17, 15) is 9.59 Å². The second kappa shape index (κ2) is 18.5. The number of nitrogens with zero attached hydrogens (tertiary/aromatic N) is 5. The fourth-order valence-electron chi connectivity index (χ4n) is 5.56. The molecule has 1 N–H and O–H groups in total. The van der Waals surface area contributed by atoms with E-state index in [0.29, 0.717) is 49.1 Å². The first-order valence-electron chi connectivity index (χ1n) is 15.1. The Balaban J connectivity index is 1.49. The third-order valence-electron chi connectivity index (χ3n) is 7.82.